The molecule has 90 valence electrons. The highest BCUT2D eigenvalue weighted by Gasteiger charge is 2.26. The fraction of sp³-hybridized carbons (Fsp3) is 0.333. The van der Waals surface area contributed by atoms with Gasteiger partial charge in [0.25, 0.3) is 0 Å². The Balaban J connectivity index is 1.88. The number of hydrogen-bond donors (Lipinski definition) is 1. The minimum atomic E-state index is -0.289. The molecule has 0 aromatic heterocycles. The van der Waals surface area contributed by atoms with Gasteiger partial charge in [-0.2, -0.15) is 0 Å². The molecule has 0 spiro atoms. The van der Waals surface area contributed by atoms with Crippen molar-refractivity contribution < 1.29 is 9.59 Å². The molecular weight excluding hydrogens is 302 g/mol. The molecular formula is C12H12BrNO2S. The van der Waals surface area contributed by atoms with Crippen molar-refractivity contribution in [3.63, 3.8) is 0 Å². The van der Waals surface area contributed by atoms with Gasteiger partial charge in [0.05, 0.1) is 12.5 Å². The Bertz CT molecular complexity index is 433. The number of nitrogens with one attached hydrogen (secondary N) is 1. The molecule has 1 aromatic rings. The van der Waals surface area contributed by atoms with Crippen LogP contribution in [0, 0.1) is 0 Å². The third-order valence-electron chi connectivity index (χ3n) is 2.55. The van der Waals surface area contributed by atoms with Crippen LogP contribution in [0.5, 0.6) is 0 Å². The summed E-state index contributed by atoms with van der Waals surface area (Å²) in [6, 6.07) is 7.31. The second-order valence-corrected chi connectivity index (χ2v) is 5.89. The van der Waals surface area contributed by atoms with Gasteiger partial charge in [0.15, 0.2) is 0 Å². The van der Waals surface area contributed by atoms with Crippen molar-refractivity contribution in [1.29, 1.82) is 0 Å². The highest BCUT2D eigenvalue weighted by atomic mass is 79.9. The molecule has 1 aliphatic rings. The first-order valence-corrected chi connectivity index (χ1v) is 7.13. The Morgan fingerprint density at radius 2 is 2.12 bits per heavy atom. The van der Waals surface area contributed by atoms with E-state index in [0.717, 1.165) is 22.2 Å². The van der Waals surface area contributed by atoms with Gasteiger partial charge >= 0.3 is 0 Å². The van der Waals surface area contributed by atoms with Crippen LogP contribution in [0.2, 0.25) is 0 Å². The summed E-state index contributed by atoms with van der Waals surface area (Å²) in [6.07, 6.45) is 1.07. The number of thioether (sulfide) groups is 1. The maximum absolute atomic E-state index is 11.7. The number of rotatable bonds is 3. The summed E-state index contributed by atoms with van der Waals surface area (Å²) in [5.41, 5.74) is 0.948. The first-order valence-electron chi connectivity index (χ1n) is 5.35. The molecule has 0 unspecified atom stereocenters. The lowest BCUT2D eigenvalue weighted by Gasteiger charge is -2.09. The van der Waals surface area contributed by atoms with Gasteiger partial charge in [-0.1, -0.05) is 39.8 Å². The zero-order chi connectivity index (χ0) is 12.3. The maximum Gasteiger partial charge on any atom is 0.225 e. The summed E-state index contributed by atoms with van der Waals surface area (Å²) < 4.78 is 0.990. The average Bonchev–Trinajstić information content (AvgIpc) is 2.68. The van der Waals surface area contributed by atoms with E-state index in [0.29, 0.717) is 6.42 Å². The van der Waals surface area contributed by atoms with E-state index in [4.69, 9.17) is 0 Å². The van der Waals surface area contributed by atoms with Gasteiger partial charge in [-0.3, -0.25) is 9.59 Å². The lowest BCUT2D eigenvalue weighted by molar-refractivity contribution is -0.124. The van der Waals surface area contributed by atoms with E-state index in [9.17, 15) is 9.59 Å². The number of carbonyl (C=O) groups is 2. The van der Waals surface area contributed by atoms with Crippen LogP contribution < -0.4 is 5.32 Å². The number of halogens is 1. The fourth-order valence-corrected chi connectivity index (χ4v) is 2.86. The SMILES string of the molecule is O=C(Cc1ccc(Br)cc1)N[C@@H]1CCSC1=O. The molecule has 1 N–H and O–H groups in total. The smallest absolute Gasteiger partial charge is 0.225 e. The molecule has 1 aliphatic heterocycles. The van der Waals surface area contributed by atoms with E-state index in [1.54, 1.807) is 0 Å². The third-order valence-corrected chi connectivity index (χ3v) is 4.09. The van der Waals surface area contributed by atoms with Crippen molar-refractivity contribution in [3.05, 3.63) is 34.3 Å². The topological polar surface area (TPSA) is 46.2 Å². The highest BCUT2D eigenvalue weighted by Crippen LogP contribution is 2.19. The molecule has 17 heavy (non-hydrogen) atoms. The van der Waals surface area contributed by atoms with Gasteiger partial charge in [0.2, 0.25) is 11.0 Å². The van der Waals surface area contributed by atoms with E-state index in [1.807, 2.05) is 24.3 Å². The Morgan fingerprint density at radius 3 is 2.71 bits per heavy atom. The monoisotopic (exact) mass is 313 g/mol. The lowest BCUT2D eigenvalue weighted by Crippen LogP contribution is -2.38. The molecule has 1 atom stereocenters. The standard InChI is InChI=1S/C12H12BrNO2S/c13-9-3-1-8(2-4-9)7-11(15)14-10-5-6-17-12(10)16/h1-4,10H,5-7H2,(H,14,15)/t10-/m1/s1. The second-order valence-electron chi connectivity index (χ2n) is 3.88. The first kappa shape index (κ1) is 12.6. The summed E-state index contributed by atoms with van der Waals surface area (Å²) in [5.74, 6) is 0.718. The van der Waals surface area contributed by atoms with Gasteiger partial charge in [-0.05, 0) is 24.1 Å². The van der Waals surface area contributed by atoms with Crippen LogP contribution in [0.15, 0.2) is 28.7 Å². The van der Waals surface area contributed by atoms with Crippen molar-refractivity contribution in [1.82, 2.24) is 5.32 Å². The van der Waals surface area contributed by atoms with Crippen LogP contribution in [0.3, 0.4) is 0 Å². The van der Waals surface area contributed by atoms with Crippen LogP contribution in [-0.2, 0) is 16.0 Å². The lowest BCUT2D eigenvalue weighted by atomic mass is 10.1. The summed E-state index contributed by atoms with van der Waals surface area (Å²) in [5, 5.41) is 2.85. The van der Waals surface area contributed by atoms with E-state index < -0.39 is 0 Å². The molecule has 0 saturated carbocycles. The molecule has 5 heteroatoms. The molecule has 1 fully saturated rings. The Hall–Kier alpha value is -0.810. The molecule has 0 radical (unpaired) electrons. The van der Waals surface area contributed by atoms with Crippen LogP contribution in [0.25, 0.3) is 0 Å². The average molecular weight is 314 g/mol. The first-order chi connectivity index (χ1) is 8.15. The molecule has 1 heterocycles. The number of benzene rings is 1. The number of carbonyl (C=O) groups excluding carboxylic acids is 2. The van der Waals surface area contributed by atoms with Crippen LogP contribution in [-0.4, -0.2) is 22.8 Å². The fourth-order valence-electron chi connectivity index (χ4n) is 1.66. The summed E-state index contributed by atoms with van der Waals surface area (Å²) in [6.45, 7) is 0. The van der Waals surface area contributed by atoms with Crippen molar-refractivity contribution in [2.24, 2.45) is 0 Å². The zero-order valence-corrected chi connectivity index (χ0v) is 11.5. The normalized spacial score (nSPS) is 19.4. The molecule has 1 aromatic carbocycles. The van der Waals surface area contributed by atoms with Gasteiger partial charge in [-0.25, -0.2) is 0 Å². The van der Waals surface area contributed by atoms with Crippen molar-refractivity contribution in [2.45, 2.75) is 18.9 Å². The molecule has 0 aliphatic carbocycles. The van der Waals surface area contributed by atoms with Gasteiger partial charge < -0.3 is 5.32 Å². The summed E-state index contributed by atoms with van der Waals surface area (Å²) >= 11 is 4.64. The van der Waals surface area contributed by atoms with E-state index in [-0.39, 0.29) is 17.1 Å². The van der Waals surface area contributed by atoms with Crippen molar-refractivity contribution in [3.8, 4) is 0 Å². The molecule has 2 rings (SSSR count). The van der Waals surface area contributed by atoms with E-state index in [1.165, 1.54) is 11.8 Å². The van der Waals surface area contributed by atoms with Crippen LogP contribution in [0.1, 0.15) is 12.0 Å². The second kappa shape index (κ2) is 5.69. The van der Waals surface area contributed by atoms with E-state index in [2.05, 4.69) is 21.2 Å². The Labute approximate surface area is 112 Å². The Morgan fingerprint density at radius 1 is 1.41 bits per heavy atom. The van der Waals surface area contributed by atoms with E-state index >= 15 is 0 Å². The zero-order valence-electron chi connectivity index (χ0n) is 9.11. The van der Waals surface area contributed by atoms with Crippen molar-refractivity contribution >= 4 is 38.7 Å². The van der Waals surface area contributed by atoms with Crippen molar-refractivity contribution in [2.75, 3.05) is 5.75 Å². The molecule has 1 saturated heterocycles. The van der Waals surface area contributed by atoms with Gasteiger partial charge in [0.1, 0.15) is 0 Å². The van der Waals surface area contributed by atoms with Gasteiger partial charge in [0, 0.05) is 10.2 Å². The maximum atomic E-state index is 11.7. The summed E-state index contributed by atoms with van der Waals surface area (Å²) in [4.78, 5) is 23.1. The number of amides is 1. The predicted molar refractivity (Wildman–Crippen MR) is 71.9 cm³/mol. The summed E-state index contributed by atoms with van der Waals surface area (Å²) in [7, 11) is 0. The number of hydrogen-bond acceptors (Lipinski definition) is 3. The minimum absolute atomic E-state index is 0.0779. The Kier molecular flexibility index (Phi) is 4.23. The third kappa shape index (κ3) is 3.57. The largest absolute Gasteiger partial charge is 0.345 e. The van der Waals surface area contributed by atoms with Gasteiger partial charge in [-0.15, -0.1) is 0 Å². The quantitative estimate of drug-likeness (QED) is 0.930. The predicted octanol–water partition coefficient (Wildman–Crippen LogP) is 2.14. The van der Waals surface area contributed by atoms with Crippen LogP contribution in [0.4, 0.5) is 0 Å². The molecule has 0 bridgehead atoms. The highest BCUT2D eigenvalue weighted by molar-refractivity contribution is 9.10. The minimum Gasteiger partial charge on any atom is -0.345 e. The molecule has 1 amide bonds. The molecule has 3 nitrogen and oxygen atoms in total. The van der Waals surface area contributed by atoms with Crippen LogP contribution >= 0.6 is 27.7 Å².